The molecule has 0 fully saturated rings. The number of rotatable bonds is 9. The fourth-order valence-electron chi connectivity index (χ4n) is 2.62. The second-order valence-electron chi connectivity index (χ2n) is 6.16. The van der Waals surface area contributed by atoms with Gasteiger partial charge in [-0.1, -0.05) is 35.9 Å². The summed E-state index contributed by atoms with van der Waals surface area (Å²) in [5, 5.41) is 0. The predicted molar refractivity (Wildman–Crippen MR) is 104 cm³/mol. The van der Waals surface area contributed by atoms with Crippen molar-refractivity contribution in [3.05, 3.63) is 59.2 Å². The van der Waals surface area contributed by atoms with Crippen molar-refractivity contribution in [2.24, 2.45) is 0 Å². The topological polar surface area (TPSA) is 64.6 Å². The van der Waals surface area contributed by atoms with Crippen LogP contribution in [0.15, 0.2) is 42.5 Å². The zero-order valence-corrected chi connectivity index (χ0v) is 16.6. The Balaban J connectivity index is 2.13. The van der Waals surface area contributed by atoms with E-state index in [9.17, 15) is 8.42 Å². The van der Waals surface area contributed by atoms with E-state index in [1.54, 1.807) is 0 Å². The summed E-state index contributed by atoms with van der Waals surface area (Å²) in [6.45, 7) is 8.65. The Morgan fingerprint density at radius 3 is 2.19 bits per heavy atom. The van der Waals surface area contributed by atoms with Gasteiger partial charge >= 0.3 is 0 Å². The van der Waals surface area contributed by atoms with Gasteiger partial charge in [0.15, 0.2) is 11.5 Å². The number of hydrogen-bond donors (Lipinski definition) is 1. The van der Waals surface area contributed by atoms with E-state index in [1.165, 1.54) is 0 Å². The summed E-state index contributed by atoms with van der Waals surface area (Å²) in [5.41, 5.74) is 2.69. The van der Waals surface area contributed by atoms with Gasteiger partial charge in [0.2, 0.25) is 10.0 Å². The molecule has 0 saturated heterocycles. The molecule has 142 valence electrons. The lowest BCUT2D eigenvalue weighted by Gasteiger charge is -2.17. The second-order valence-corrected chi connectivity index (χ2v) is 7.91. The average Bonchev–Trinajstić information content (AvgIpc) is 2.58. The lowest BCUT2D eigenvalue weighted by molar-refractivity contribution is 0.287. The number of ether oxygens (including phenoxy) is 2. The lowest BCUT2D eigenvalue weighted by Crippen LogP contribution is -2.28. The molecule has 0 aliphatic heterocycles. The minimum Gasteiger partial charge on any atom is -0.490 e. The molecule has 0 amide bonds. The molecule has 0 aliphatic rings. The highest BCUT2D eigenvalue weighted by Gasteiger charge is 2.18. The molecule has 0 aliphatic carbocycles. The van der Waals surface area contributed by atoms with Crippen LogP contribution in [-0.2, 0) is 15.8 Å². The number of aryl methyl sites for hydroxylation is 1. The molecule has 5 nitrogen and oxygen atoms in total. The minimum absolute atomic E-state index is 0.0486. The standard InChI is InChI=1S/C20H27NO4S/c1-5-24-19-12-11-18(13-20(19)25-6-2)16(4)21-26(22,23)14-17-9-7-15(3)8-10-17/h7-13,16,21H,5-6,14H2,1-4H3. The van der Waals surface area contributed by atoms with E-state index in [-0.39, 0.29) is 11.8 Å². The predicted octanol–water partition coefficient (Wildman–Crippen LogP) is 3.97. The third kappa shape index (κ3) is 5.75. The monoisotopic (exact) mass is 377 g/mol. The van der Waals surface area contributed by atoms with Crippen LogP contribution in [0.2, 0.25) is 0 Å². The average molecular weight is 378 g/mol. The van der Waals surface area contributed by atoms with Crippen molar-refractivity contribution >= 4 is 10.0 Å². The van der Waals surface area contributed by atoms with Crippen LogP contribution in [0.4, 0.5) is 0 Å². The van der Waals surface area contributed by atoms with Gasteiger partial charge in [-0.2, -0.15) is 0 Å². The highest BCUT2D eigenvalue weighted by molar-refractivity contribution is 7.88. The highest BCUT2D eigenvalue weighted by Crippen LogP contribution is 2.31. The van der Waals surface area contributed by atoms with Gasteiger partial charge in [-0.3, -0.25) is 0 Å². The summed E-state index contributed by atoms with van der Waals surface area (Å²) in [7, 11) is -3.46. The zero-order valence-electron chi connectivity index (χ0n) is 15.8. The van der Waals surface area contributed by atoms with Crippen molar-refractivity contribution in [3.8, 4) is 11.5 Å². The van der Waals surface area contributed by atoms with Crippen molar-refractivity contribution in [1.29, 1.82) is 0 Å². The Labute approximate surface area is 156 Å². The molecule has 0 radical (unpaired) electrons. The second kappa shape index (κ2) is 9.05. The normalized spacial score (nSPS) is 12.6. The fourth-order valence-corrected chi connectivity index (χ4v) is 4.01. The highest BCUT2D eigenvalue weighted by atomic mass is 32.2. The maximum atomic E-state index is 12.5. The first kappa shape index (κ1) is 20.3. The Bertz CT molecular complexity index is 816. The molecule has 2 aromatic carbocycles. The molecule has 0 bridgehead atoms. The third-order valence-corrected chi connectivity index (χ3v) is 5.33. The van der Waals surface area contributed by atoms with E-state index in [2.05, 4.69) is 4.72 Å². The van der Waals surface area contributed by atoms with Crippen LogP contribution in [0.5, 0.6) is 11.5 Å². The van der Waals surface area contributed by atoms with Gasteiger partial charge in [0.05, 0.1) is 19.0 Å². The van der Waals surface area contributed by atoms with Gasteiger partial charge in [0, 0.05) is 6.04 Å². The first-order valence-electron chi connectivity index (χ1n) is 8.79. The molecule has 0 spiro atoms. The smallest absolute Gasteiger partial charge is 0.216 e. The summed E-state index contributed by atoms with van der Waals surface area (Å²) in [5.74, 6) is 1.23. The van der Waals surface area contributed by atoms with Crippen LogP contribution in [0.3, 0.4) is 0 Å². The molecule has 1 N–H and O–H groups in total. The summed E-state index contributed by atoms with van der Waals surface area (Å²) in [4.78, 5) is 0. The molecule has 6 heteroatoms. The summed E-state index contributed by atoms with van der Waals surface area (Å²) >= 11 is 0. The van der Waals surface area contributed by atoms with E-state index >= 15 is 0 Å². The Kier molecular flexibility index (Phi) is 7.06. The fraction of sp³-hybridized carbons (Fsp3) is 0.400. The molecular weight excluding hydrogens is 350 g/mol. The zero-order chi connectivity index (χ0) is 19.2. The Morgan fingerprint density at radius 2 is 1.58 bits per heavy atom. The van der Waals surface area contributed by atoms with Crippen LogP contribution in [0, 0.1) is 6.92 Å². The van der Waals surface area contributed by atoms with Gasteiger partial charge in [-0.15, -0.1) is 0 Å². The summed E-state index contributed by atoms with van der Waals surface area (Å²) in [6, 6.07) is 12.6. The van der Waals surface area contributed by atoms with E-state index in [1.807, 2.05) is 70.2 Å². The molecule has 0 heterocycles. The Morgan fingerprint density at radius 1 is 0.962 bits per heavy atom. The van der Waals surface area contributed by atoms with Crippen LogP contribution in [-0.4, -0.2) is 21.6 Å². The van der Waals surface area contributed by atoms with Crippen molar-refractivity contribution in [3.63, 3.8) is 0 Å². The van der Waals surface area contributed by atoms with Gasteiger partial charge in [-0.05, 0) is 51.0 Å². The number of sulfonamides is 1. The van der Waals surface area contributed by atoms with Gasteiger partial charge < -0.3 is 9.47 Å². The van der Waals surface area contributed by atoms with E-state index in [0.717, 1.165) is 16.7 Å². The maximum absolute atomic E-state index is 12.5. The quantitative estimate of drug-likeness (QED) is 0.718. The molecule has 1 unspecified atom stereocenters. The molecule has 2 aromatic rings. The van der Waals surface area contributed by atoms with Gasteiger partial charge in [0.1, 0.15) is 0 Å². The number of nitrogens with one attached hydrogen (secondary N) is 1. The summed E-state index contributed by atoms with van der Waals surface area (Å²) in [6.07, 6.45) is 0. The lowest BCUT2D eigenvalue weighted by atomic mass is 10.1. The molecule has 1 atom stereocenters. The first-order valence-corrected chi connectivity index (χ1v) is 10.4. The van der Waals surface area contributed by atoms with E-state index in [0.29, 0.717) is 24.7 Å². The van der Waals surface area contributed by atoms with Crippen molar-refractivity contribution in [2.75, 3.05) is 13.2 Å². The van der Waals surface area contributed by atoms with Crippen molar-refractivity contribution < 1.29 is 17.9 Å². The molecule has 0 saturated carbocycles. The first-order chi connectivity index (χ1) is 12.3. The maximum Gasteiger partial charge on any atom is 0.216 e. The minimum atomic E-state index is -3.46. The van der Waals surface area contributed by atoms with Crippen LogP contribution in [0.1, 0.15) is 43.5 Å². The third-order valence-electron chi connectivity index (χ3n) is 3.90. The Hall–Kier alpha value is -2.05. The van der Waals surface area contributed by atoms with Crippen LogP contribution >= 0.6 is 0 Å². The van der Waals surface area contributed by atoms with Gasteiger partial charge in [-0.25, -0.2) is 13.1 Å². The summed E-state index contributed by atoms with van der Waals surface area (Å²) < 4.78 is 38.9. The molecule has 2 rings (SSSR count). The van der Waals surface area contributed by atoms with E-state index in [4.69, 9.17) is 9.47 Å². The molecular formula is C20H27NO4S. The van der Waals surface area contributed by atoms with Crippen molar-refractivity contribution in [1.82, 2.24) is 4.72 Å². The van der Waals surface area contributed by atoms with Gasteiger partial charge in [0.25, 0.3) is 0 Å². The van der Waals surface area contributed by atoms with Crippen LogP contribution in [0.25, 0.3) is 0 Å². The largest absolute Gasteiger partial charge is 0.490 e. The SMILES string of the molecule is CCOc1ccc(C(C)NS(=O)(=O)Cc2ccc(C)cc2)cc1OCC. The molecule has 26 heavy (non-hydrogen) atoms. The van der Waals surface area contributed by atoms with Crippen LogP contribution < -0.4 is 14.2 Å². The molecule has 0 aromatic heterocycles. The number of hydrogen-bond acceptors (Lipinski definition) is 4. The number of benzene rings is 2. The van der Waals surface area contributed by atoms with Crippen molar-refractivity contribution in [2.45, 2.75) is 39.5 Å². The van der Waals surface area contributed by atoms with E-state index < -0.39 is 10.0 Å².